The third-order valence-corrected chi connectivity index (χ3v) is 2.51. The predicted octanol–water partition coefficient (Wildman–Crippen LogP) is -0.412. The molecule has 1 heterocycles. The number of carbonyl (C=O) groups is 2. The molecule has 2 atom stereocenters. The van der Waals surface area contributed by atoms with Gasteiger partial charge in [-0.2, -0.15) is 0 Å². The number of nitrogens with one attached hydrogen (secondary N) is 1. The smallest absolute Gasteiger partial charge is 0.289 e. The van der Waals surface area contributed by atoms with Gasteiger partial charge < -0.3 is 15.8 Å². The zero-order chi connectivity index (χ0) is 11.3. The third-order valence-electron chi connectivity index (χ3n) is 2.51. The zero-order valence-electron chi connectivity index (χ0n) is 8.99. The summed E-state index contributed by atoms with van der Waals surface area (Å²) in [6.07, 6.45) is 2.49. The molecule has 0 aromatic carbocycles. The van der Waals surface area contributed by atoms with Crippen LogP contribution < -0.4 is 11.1 Å². The highest BCUT2D eigenvalue weighted by Crippen LogP contribution is 2.10. The van der Waals surface area contributed by atoms with Gasteiger partial charge in [0.15, 0.2) is 0 Å². The van der Waals surface area contributed by atoms with Crippen LogP contribution in [0.25, 0.3) is 0 Å². The van der Waals surface area contributed by atoms with Crippen LogP contribution in [0.5, 0.6) is 0 Å². The van der Waals surface area contributed by atoms with E-state index in [2.05, 4.69) is 5.32 Å². The van der Waals surface area contributed by atoms with Crippen molar-refractivity contribution in [2.24, 2.45) is 5.73 Å². The van der Waals surface area contributed by atoms with E-state index in [0.29, 0.717) is 13.0 Å². The molecule has 5 heteroatoms. The number of ether oxygens (including phenoxy) is 1. The fourth-order valence-corrected chi connectivity index (χ4v) is 1.45. The van der Waals surface area contributed by atoms with Gasteiger partial charge in [-0.25, -0.2) is 0 Å². The summed E-state index contributed by atoms with van der Waals surface area (Å²) in [5.74, 6) is -1.14. The summed E-state index contributed by atoms with van der Waals surface area (Å²) in [5.41, 5.74) is 5.46. The van der Waals surface area contributed by atoms with Crippen LogP contribution in [-0.4, -0.2) is 37.0 Å². The Morgan fingerprint density at radius 1 is 1.60 bits per heavy atom. The fourth-order valence-electron chi connectivity index (χ4n) is 1.45. The van der Waals surface area contributed by atoms with Crippen molar-refractivity contribution < 1.29 is 14.3 Å². The van der Waals surface area contributed by atoms with Crippen LogP contribution >= 0.6 is 0 Å². The molecule has 1 saturated heterocycles. The predicted molar refractivity (Wildman–Crippen MR) is 55.3 cm³/mol. The molecule has 0 aromatic rings. The van der Waals surface area contributed by atoms with Crippen molar-refractivity contribution in [3.05, 3.63) is 0 Å². The second kappa shape index (κ2) is 5.82. The van der Waals surface area contributed by atoms with Gasteiger partial charge in [-0.05, 0) is 19.3 Å². The van der Waals surface area contributed by atoms with E-state index in [-0.39, 0.29) is 6.10 Å². The van der Waals surface area contributed by atoms with E-state index in [1.54, 1.807) is 6.92 Å². The van der Waals surface area contributed by atoms with Crippen molar-refractivity contribution in [1.82, 2.24) is 5.32 Å². The second-order valence-corrected chi connectivity index (χ2v) is 3.72. The molecule has 1 fully saturated rings. The molecule has 0 bridgehead atoms. The maximum absolute atomic E-state index is 11.3. The molecule has 0 spiro atoms. The number of hydrogen-bond donors (Lipinski definition) is 2. The molecule has 86 valence electrons. The molecule has 1 aliphatic rings. The normalized spacial score (nSPS) is 22.4. The van der Waals surface area contributed by atoms with Gasteiger partial charge in [0.05, 0.1) is 12.1 Å². The van der Waals surface area contributed by atoms with Crippen LogP contribution in [0.15, 0.2) is 0 Å². The van der Waals surface area contributed by atoms with Gasteiger partial charge in [-0.15, -0.1) is 0 Å². The molecule has 1 rings (SSSR count). The maximum atomic E-state index is 11.3. The number of ketones is 1. The van der Waals surface area contributed by atoms with Crippen molar-refractivity contribution in [3.8, 4) is 0 Å². The van der Waals surface area contributed by atoms with Gasteiger partial charge in [0, 0.05) is 13.2 Å². The number of rotatable bonds is 5. The molecule has 3 N–H and O–H groups in total. The lowest BCUT2D eigenvalue weighted by molar-refractivity contribution is -0.138. The van der Waals surface area contributed by atoms with Crippen LogP contribution in [0.3, 0.4) is 0 Å². The van der Waals surface area contributed by atoms with E-state index in [1.165, 1.54) is 0 Å². The first-order chi connectivity index (χ1) is 7.15. The molecule has 15 heavy (non-hydrogen) atoms. The summed E-state index contributed by atoms with van der Waals surface area (Å²) < 4.78 is 5.31. The van der Waals surface area contributed by atoms with Crippen LogP contribution in [0.4, 0.5) is 0 Å². The van der Waals surface area contributed by atoms with E-state index >= 15 is 0 Å². The number of hydrogen-bond acceptors (Lipinski definition) is 4. The summed E-state index contributed by atoms with van der Waals surface area (Å²) in [7, 11) is 0. The fraction of sp³-hybridized carbons (Fsp3) is 0.800. The lowest BCUT2D eigenvalue weighted by atomic mass is 10.1. The average Bonchev–Trinajstić information content (AvgIpc) is 2.76. The van der Waals surface area contributed by atoms with Crippen molar-refractivity contribution in [2.75, 3.05) is 13.2 Å². The molecule has 0 saturated carbocycles. The third kappa shape index (κ3) is 3.60. The van der Waals surface area contributed by atoms with Crippen LogP contribution in [0.1, 0.15) is 26.2 Å². The van der Waals surface area contributed by atoms with Gasteiger partial charge in [0.25, 0.3) is 5.91 Å². The van der Waals surface area contributed by atoms with E-state index in [0.717, 1.165) is 19.4 Å². The molecule has 1 aliphatic heterocycles. The molecule has 5 nitrogen and oxygen atoms in total. The first kappa shape index (κ1) is 12.1. The summed E-state index contributed by atoms with van der Waals surface area (Å²) in [6, 6.07) is -0.686. The van der Waals surface area contributed by atoms with Gasteiger partial charge in [0.2, 0.25) is 5.78 Å². The number of Topliss-reactive ketones (excluding diaryl/α,β-unsaturated/α-hetero) is 1. The Balaban J connectivity index is 2.25. The van der Waals surface area contributed by atoms with Gasteiger partial charge >= 0.3 is 0 Å². The quantitative estimate of drug-likeness (QED) is 0.609. The number of amides is 1. The molecule has 0 aliphatic carbocycles. The molecule has 0 aromatic heterocycles. The molecular weight excluding hydrogens is 196 g/mol. The summed E-state index contributed by atoms with van der Waals surface area (Å²) in [6.45, 7) is 2.92. The van der Waals surface area contributed by atoms with Gasteiger partial charge in [0.1, 0.15) is 0 Å². The van der Waals surface area contributed by atoms with Crippen molar-refractivity contribution in [2.45, 2.75) is 38.3 Å². The molecule has 1 amide bonds. The van der Waals surface area contributed by atoms with Crippen molar-refractivity contribution in [1.29, 1.82) is 0 Å². The highest BCUT2D eigenvalue weighted by molar-refractivity contribution is 6.38. The Bertz CT molecular complexity index is 237. The maximum Gasteiger partial charge on any atom is 0.289 e. The monoisotopic (exact) mass is 214 g/mol. The first-order valence-electron chi connectivity index (χ1n) is 5.34. The average molecular weight is 214 g/mol. The highest BCUT2D eigenvalue weighted by Gasteiger charge is 2.22. The van der Waals surface area contributed by atoms with Crippen molar-refractivity contribution in [3.63, 3.8) is 0 Å². The SMILES string of the molecule is CCC(N)C(=O)C(=O)NCC1CCCO1. The first-order valence-corrected chi connectivity index (χ1v) is 5.34. The Kier molecular flexibility index (Phi) is 4.71. The summed E-state index contributed by atoms with van der Waals surface area (Å²) in [4.78, 5) is 22.6. The standard InChI is InChI=1S/C10H18N2O3/c1-2-8(11)9(13)10(14)12-6-7-4-3-5-15-7/h7-8H,2-6,11H2,1H3,(H,12,14). The van der Waals surface area contributed by atoms with E-state index in [9.17, 15) is 9.59 Å². The highest BCUT2D eigenvalue weighted by atomic mass is 16.5. The minimum atomic E-state index is -0.686. The Morgan fingerprint density at radius 2 is 2.33 bits per heavy atom. The van der Waals surface area contributed by atoms with Crippen molar-refractivity contribution >= 4 is 11.7 Å². The van der Waals surface area contributed by atoms with Gasteiger partial charge in [-0.3, -0.25) is 9.59 Å². The number of nitrogens with two attached hydrogens (primary N) is 1. The van der Waals surface area contributed by atoms with E-state index in [4.69, 9.17) is 10.5 Å². The summed E-state index contributed by atoms with van der Waals surface area (Å²) >= 11 is 0. The lowest BCUT2D eigenvalue weighted by Crippen LogP contribution is -2.44. The van der Waals surface area contributed by atoms with Crippen LogP contribution in [0, 0.1) is 0 Å². The lowest BCUT2D eigenvalue weighted by Gasteiger charge is -2.11. The van der Waals surface area contributed by atoms with E-state index in [1.807, 2.05) is 0 Å². The van der Waals surface area contributed by atoms with Crippen LogP contribution in [-0.2, 0) is 14.3 Å². The number of carbonyl (C=O) groups excluding carboxylic acids is 2. The Hall–Kier alpha value is -0.940. The minimum absolute atomic E-state index is 0.0552. The Labute approximate surface area is 89.3 Å². The second-order valence-electron chi connectivity index (χ2n) is 3.72. The molecule has 2 unspecified atom stereocenters. The topological polar surface area (TPSA) is 81.4 Å². The largest absolute Gasteiger partial charge is 0.376 e. The Morgan fingerprint density at radius 3 is 2.87 bits per heavy atom. The van der Waals surface area contributed by atoms with Crippen LogP contribution in [0.2, 0.25) is 0 Å². The minimum Gasteiger partial charge on any atom is -0.376 e. The molecule has 0 radical (unpaired) electrons. The van der Waals surface area contributed by atoms with E-state index < -0.39 is 17.7 Å². The zero-order valence-corrected chi connectivity index (χ0v) is 8.99. The van der Waals surface area contributed by atoms with Gasteiger partial charge in [-0.1, -0.05) is 6.92 Å². The summed E-state index contributed by atoms with van der Waals surface area (Å²) in [5, 5.41) is 2.55. The molecular formula is C10H18N2O3.